The monoisotopic (exact) mass is 536 g/mol. The van der Waals surface area contributed by atoms with E-state index in [0.29, 0.717) is 35.9 Å². The van der Waals surface area contributed by atoms with Crippen LogP contribution >= 0.6 is 0 Å². The van der Waals surface area contributed by atoms with Gasteiger partial charge in [0.15, 0.2) is 5.82 Å². The van der Waals surface area contributed by atoms with Gasteiger partial charge in [-0.2, -0.15) is 5.10 Å². The number of nitrogens with zero attached hydrogens (tertiary/aromatic N) is 5. The second kappa shape index (κ2) is 11.1. The maximum atomic E-state index is 12.7. The number of aromatic nitrogens is 3. The first-order valence-corrected chi connectivity index (χ1v) is 13.5. The third-order valence-corrected chi connectivity index (χ3v) is 7.94. The fraction of sp³-hybridized carbons (Fsp3) is 0.464. The maximum absolute atomic E-state index is 12.7. The van der Waals surface area contributed by atoms with Crippen molar-refractivity contribution in [1.82, 2.24) is 29.5 Å². The zero-order chi connectivity index (χ0) is 27.7. The van der Waals surface area contributed by atoms with Gasteiger partial charge in [-0.15, -0.1) is 0 Å². The van der Waals surface area contributed by atoms with Gasteiger partial charge in [0.1, 0.15) is 11.5 Å². The van der Waals surface area contributed by atoms with E-state index in [1.54, 1.807) is 6.07 Å². The van der Waals surface area contributed by atoms with Gasteiger partial charge in [-0.1, -0.05) is 26.0 Å². The van der Waals surface area contributed by atoms with Crippen molar-refractivity contribution in [3.63, 3.8) is 0 Å². The Kier molecular flexibility index (Phi) is 7.62. The molecule has 0 bridgehead atoms. The van der Waals surface area contributed by atoms with E-state index in [1.807, 2.05) is 38.1 Å². The molecule has 1 amide bonds. The molecular weight excluding hydrogens is 500 g/mol. The van der Waals surface area contributed by atoms with Crippen LogP contribution in [0.5, 0.6) is 11.5 Å². The van der Waals surface area contributed by atoms with Gasteiger partial charge in [-0.05, 0) is 48.1 Å². The zero-order valence-electron chi connectivity index (χ0n) is 22.4. The summed E-state index contributed by atoms with van der Waals surface area (Å²) in [6.45, 7) is 9.74. The van der Waals surface area contributed by atoms with Crippen molar-refractivity contribution >= 4 is 6.09 Å². The summed E-state index contributed by atoms with van der Waals surface area (Å²) in [5, 5.41) is 36.6. The summed E-state index contributed by atoms with van der Waals surface area (Å²) in [7, 11) is 0. The Morgan fingerprint density at radius 1 is 1.00 bits per heavy atom. The quantitative estimate of drug-likeness (QED) is 0.377. The van der Waals surface area contributed by atoms with Crippen LogP contribution in [-0.2, 0) is 6.54 Å². The Bertz CT molecular complexity index is 1370. The van der Waals surface area contributed by atoms with Crippen molar-refractivity contribution in [3.8, 4) is 28.6 Å². The normalized spacial score (nSPS) is 17.7. The molecule has 2 saturated heterocycles. The number of amides is 1. The average Bonchev–Trinajstić information content (AvgIpc) is 3.30. The number of phenolic OH excluding ortho intramolecular Hbond substituents is 2. The molecule has 2 aliphatic rings. The number of hydrogen-bond acceptors (Lipinski definition) is 7. The number of carbonyl (C=O) groups is 1. The Morgan fingerprint density at radius 3 is 2.28 bits per heavy atom. The molecule has 3 aromatic rings. The number of piperazine rings is 1. The van der Waals surface area contributed by atoms with Gasteiger partial charge < -0.3 is 20.2 Å². The van der Waals surface area contributed by atoms with Crippen molar-refractivity contribution in [2.45, 2.75) is 45.2 Å². The molecule has 0 unspecified atom stereocenters. The van der Waals surface area contributed by atoms with Gasteiger partial charge in [0.25, 0.3) is 0 Å². The van der Waals surface area contributed by atoms with Crippen LogP contribution in [-0.4, -0.2) is 96.2 Å². The number of rotatable bonds is 6. The molecular formula is C28H36N6O5. The lowest BCUT2D eigenvalue weighted by Crippen LogP contribution is -2.53. The average molecular weight is 537 g/mol. The molecule has 2 fully saturated rings. The smallest absolute Gasteiger partial charge is 0.407 e. The lowest BCUT2D eigenvalue weighted by Gasteiger charge is -2.42. The number of aromatic hydroxyl groups is 2. The highest BCUT2D eigenvalue weighted by Gasteiger charge is 2.29. The van der Waals surface area contributed by atoms with E-state index >= 15 is 0 Å². The van der Waals surface area contributed by atoms with E-state index in [1.165, 1.54) is 15.5 Å². The summed E-state index contributed by atoms with van der Waals surface area (Å²) >= 11 is 0. The first-order valence-electron chi connectivity index (χ1n) is 13.5. The number of carboxylic acid groups (broad SMARTS) is 1. The maximum Gasteiger partial charge on any atom is 0.407 e. The predicted molar refractivity (Wildman–Crippen MR) is 147 cm³/mol. The van der Waals surface area contributed by atoms with E-state index in [9.17, 15) is 24.9 Å². The third kappa shape index (κ3) is 5.64. The fourth-order valence-electron chi connectivity index (χ4n) is 5.67. The van der Waals surface area contributed by atoms with Gasteiger partial charge in [0.2, 0.25) is 0 Å². The number of piperidine rings is 1. The summed E-state index contributed by atoms with van der Waals surface area (Å²) in [6.07, 6.45) is 0.963. The minimum absolute atomic E-state index is 0.00411. The Hall–Kier alpha value is -3.83. The minimum Gasteiger partial charge on any atom is -0.508 e. The number of phenols is 2. The first kappa shape index (κ1) is 26.8. The van der Waals surface area contributed by atoms with Crippen molar-refractivity contribution in [1.29, 1.82) is 0 Å². The number of hydrogen-bond donors (Lipinski definition) is 4. The van der Waals surface area contributed by atoms with E-state index in [-0.39, 0.29) is 23.2 Å². The highest BCUT2D eigenvalue weighted by molar-refractivity contribution is 5.69. The van der Waals surface area contributed by atoms with Crippen LogP contribution < -0.4 is 5.69 Å². The highest BCUT2D eigenvalue weighted by atomic mass is 16.4. The van der Waals surface area contributed by atoms with E-state index in [2.05, 4.69) is 20.0 Å². The molecule has 0 radical (unpaired) electrons. The fourth-order valence-corrected chi connectivity index (χ4v) is 5.67. The minimum atomic E-state index is -0.822. The van der Waals surface area contributed by atoms with Crippen molar-refractivity contribution in [2.24, 2.45) is 0 Å². The van der Waals surface area contributed by atoms with Gasteiger partial charge >= 0.3 is 11.8 Å². The van der Waals surface area contributed by atoms with Crippen LogP contribution in [0.15, 0.2) is 41.2 Å². The second-order valence-corrected chi connectivity index (χ2v) is 10.8. The molecule has 11 heteroatoms. The molecule has 3 heterocycles. The first-order chi connectivity index (χ1) is 18.7. The van der Waals surface area contributed by atoms with Crippen LogP contribution in [0.4, 0.5) is 4.79 Å². The molecule has 0 atom stereocenters. The number of nitrogens with one attached hydrogen (secondary N) is 1. The zero-order valence-corrected chi connectivity index (χ0v) is 22.4. The Labute approximate surface area is 226 Å². The predicted octanol–water partition coefficient (Wildman–Crippen LogP) is 3.02. The topological polar surface area (TPSA) is 138 Å². The molecule has 4 N–H and O–H groups in total. The summed E-state index contributed by atoms with van der Waals surface area (Å²) < 4.78 is 1.43. The van der Waals surface area contributed by atoms with Crippen LogP contribution in [0.3, 0.4) is 0 Å². The summed E-state index contributed by atoms with van der Waals surface area (Å²) in [6, 6.07) is 11.2. The van der Waals surface area contributed by atoms with Crippen molar-refractivity contribution in [3.05, 3.63) is 58.0 Å². The molecule has 39 heavy (non-hydrogen) atoms. The number of likely N-dealkylation sites (tertiary alicyclic amines) is 1. The van der Waals surface area contributed by atoms with Crippen LogP contribution in [0.1, 0.15) is 43.7 Å². The molecule has 208 valence electrons. The van der Waals surface area contributed by atoms with Crippen LogP contribution in [0, 0.1) is 0 Å². The molecule has 0 saturated carbocycles. The number of benzene rings is 2. The summed E-state index contributed by atoms with van der Waals surface area (Å²) in [5.74, 6) is 0.150. The van der Waals surface area contributed by atoms with E-state index in [4.69, 9.17) is 0 Å². The molecule has 5 rings (SSSR count). The van der Waals surface area contributed by atoms with E-state index in [0.717, 1.165) is 51.1 Å². The molecule has 2 aromatic carbocycles. The second-order valence-electron chi connectivity index (χ2n) is 10.8. The van der Waals surface area contributed by atoms with Gasteiger partial charge in [-0.25, -0.2) is 19.3 Å². The third-order valence-electron chi connectivity index (χ3n) is 7.94. The lowest BCUT2D eigenvalue weighted by atomic mass is 9.98. The van der Waals surface area contributed by atoms with Gasteiger partial charge in [0.05, 0.1) is 11.3 Å². The summed E-state index contributed by atoms with van der Waals surface area (Å²) in [5.41, 5.74) is 2.37. The molecule has 0 aliphatic carbocycles. The van der Waals surface area contributed by atoms with Crippen LogP contribution in [0.25, 0.3) is 17.1 Å². The van der Waals surface area contributed by atoms with Gasteiger partial charge in [-0.3, -0.25) is 9.80 Å². The number of aromatic amines is 1. The van der Waals surface area contributed by atoms with Gasteiger partial charge in [0, 0.05) is 57.9 Å². The molecule has 2 aliphatic heterocycles. The molecule has 11 nitrogen and oxygen atoms in total. The van der Waals surface area contributed by atoms with Crippen LogP contribution in [0.2, 0.25) is 0 Å². The van der Waals surface area contributed by atoms with E-state index < -0.39 is 11.8 Å². The molecule has 0 spiro atoms. The largest absolute Gasteiger partial charge is 0.508 e. The Morgan fingerprint density at radius 2 is 1.67 bits per heavy atom. The SMILES string of the molecule is CC(C)c1cc(-c2n[nH]c(=O)n2-c2ccc(CN3CCN(C4CCN(C(=O)O)CC4)CC3)cc2)c(O)cc1O. The lowest BCUT2D eigenvalue weighted by molar-refractivity contribution is 0.0560. The highest BCUT2D eigenvalue weighted by Crippen LogP contribution is 2.37. The number of H-pyrrole nitrogens is 1. The Balaban J connectivity index is 1.24. The summed E-state index contributed by atoms with van der Waals surface area (Å²) in [4.78, 5) is 30.3. The van der Waals surface area contributed by atoms with Crippen molar-refractivity contribution in [2.75, 3.05) is 39.3 Å². The molecule has 1 aromatic heterocycles. The standard InChI is InChI=1S/C28H36N6O5/c1-18(2)22-15-23(25(36)16-24(22)35)26-29-30-27(37)34(26)21-5-3-19(4-6-21)17-31-11-13-32(14-12-31)20-7-9-33(10-8-20)28(38)39/h3-6,15-16,18,20,35-36H,7-14,17H2,1-2H3,(H,30,37)(H,38,39). The van der Waals surface area contributed by atoms with Crippen molar-refractivity contribution < 1.29 is 20.1 Å².